The second-order valence-corrected chi connectivity index (χ2v) is 6.74. The van der Waals surface area contributed by atoms with Gasteiger partial charge in [0.25, 0.3) is 0 Å². The molecule has 29 heavy (non-hydrogen) atoms. The van der Waals surface area contributed by atoms with Crippen LogP contribution in [0.4, 0.5) is 0 Å². The number of carbonyl (C=O) groups excluding carboxylic acids is 1. The minimum absolute atomic E-state index is 0.181. The summed E-state index contributed by atoms with van der Waals surface area (Å²) in [5.41, 5.74) is 0.861. The van der Waals surface area contributed by atoms with Gasteiger partial charge in [0, 0.05) is 6.54 Å². The van der Waals surface area contributed by atoms with Crippen LogP contribution in [0.1, 0.15) is 25.5 Å². The summed E-state index contributed by atoms with van der Waals surface area (Å²) in [4.78, 5) is 15.0. The van der Waals surface area contributed by atoms with E-state index in [1.54, 1.807) is 6.07 Å². The average molecular weight is 399 g/mol. The van der Waals surface area contributed by atoms with Gasteiger partial charge in [0.2, 0.25) is 6.10 Å². The van der Waals surface area contributed by atoms with Crippen LogP contribution in [-0.4, -0.2) is 56.4 Å². The Hall–Kier alpha value is -2.57. The molecular formula is C23H29NO5. The van der Waals surface area contributed by atoms with E-state index >= 15 is 0 Å². The van der Waals surface area contributed by atoms with E-state index in [1.807, 2.05) is 48.5 Å². The van der Waals surface area contributed by atoms with Gasteiger partial charge in [0.05, 0.1) is 13.2 Å². The summed E-state index contributed by atoms with van der Waals surface area (Å²) in [5.74, 6) is 0.697. The number of benzene rings is 2. The molecule has 0 saturated heterocycles. The highest BCUT2D eigenvalue weighted by Gasteiger charge is 2.39. The lowest BCUT2D eigenvalue weighted by Crippen LogP contribution is -2.41. The van der Waals surface area contributed by atoms with Crippen molar-refractivity contribution >= 4 is 5.97 Å². The molecule has 6 heteroatoms. The minimum atomic E-state index is -0.872. The Morgan fingerprint density at radius 3 is 2.24 bits per heavy atom. The standard InChI is InChI=1S/C23H29NO5/c1-3-24(4-2)14-15-26-16-17-27-23(25)22-21(18-10-6-5-7-11-18)28-19-12-8-9-13-20(19)29-22/h5-13,21-22H,3-4,14-17H2,1-2H3/t21-,22+/m0/s1. The molecule has 3 rings (SSSR count). The molecule has 0 aliphatic carbocycles. The Labute approximate surface area is 172 Å². The zero-order valence-electron chi connectivity index (χ0n) is 17.1. The molecule has 0 fully saturated rings. The summed E-state index contributed by atoms with van der Waals surface area (Å²) in [5, 5.41) is 0. The first-order valence-electron chi connectivity index (χ1n) is 10.2. The molecule has 156 valence electrons. The van der Waals surface area contributed by atoms with E-state index in [4.69, 9.17) is 18.9 Å². The molecule has 1 heterocycles. The first kappa shape index (κ1) is 21.1. The second-order valence-electron chi connectivity index (χ2n) is 6.74. The normalized spacial score (nSPS) is 17.9. The van der Waals surface area contributed by atoms with Crippen LogP contribution in [0.25, 0.3) is 0 Å². The fraction of sp³-hybridized carbons (Fsp3) is 0.435. The van der Waals surface area contributed by atoms with Crippen LogP contribution in [0.15, 0.2) is 54.6 Å². The molecule has 2 atom stereocenters. The number of carbonyl (C=O) groups is 1. The first-order chi connectivity index (χ1) is 14.2. The summed E-state index contributed by atoms with van der Waals surface area (Å²) < 4.78 is 23.0. The summed E-state index contributed by atoms with van der Waals surface area (Å²) in [6, 6.07) is 16.9. The molecule has 0 bridgehead atoms. The second kappa shape index (κ2) is 10.8. The highest BCUT2D eigenvalue weighted by molar-refractivity contribution is 5.77. The number of para-hydroxylation sites is 2. The van der Waals surface area contributed by atoms with Gasteiger partial charge >= 0.3 is 5.97 Å². The number of hydrogen-bond donors (Lipinski definition) is 0. The summed E-state index contributed by atoms with van der Waals surface area (Å²) in [6.07, 6.45) is -1.44. The van der Waals surface area contributed by atoms with Crippen LogP contribution < -0.4 is 9.47 Å². The van der Waals surface area contributed by atoms with Gasteiger partial charge in [-0.3, -0.25) is 0 Å². The number of esters is 1. The van der Waals surface area contributed by atoms with Crippen LogP contribution in [0.3, 0.4) is 0 Å². The van der Waals surface area contributed by atoms with Gasteiger partial charge in [-0.2, -0.15) is 0 Å². The summed E-state index contributed by atoms with van der Waals surface area (Å²) >= 11 is 0. The number of nitrogens with zero attached hydrogens (tertiary/aromatic N) is 1. The van der Waals surface area contributed by atoms with Crippen LogP contribution in [0.2, 0.25) is 0 Å². The Morgan fingerprint density at radius 1 is 0.897 bits per heavy atom. The molecule has 0 aromatic heterocycles. The fourth-order valence-corrected chi connectivity index (χ4v) is 3.22. The maximum absolute atomic E-state index is 12.7. The molecule has 0 spiro atoms. The Bertz CT molecular complexity index is 763. The maximum atomic E-state index is 12.7. The third-order valence-electron chi connectivity index (χ3n) is 4.91. The lowest BCUT2D eigenvalue weighted by atomic mass is 10.0. The molecule has 1 aliphatic heterocycles. The molecule has 0 unspecified atom stereocenters. The van der Waals surface area contributed by atoms with Crippen molar-refractivity contribution in [2.45, 2.75) is 26.1 Å². The van der Waals surface area contributed by atoms with Crippen molar-refractivity contribution in [1.29, 1.82) is 0 Å². The van der Waals surface area contributed by atoms with Crippen molar-refractivity contribution in [3.05, 3.63) is 60.2 Å². The molecule has 2 aromatic rings. The molecule has 2 aromatic carbocycles. The SMILES string of the molecule is CCN(CC)CCOCCOC(=O)[C@@H]1Oc2ccccc2O[C@H]1c1ccccc1. The number of ether oxygens (including phenoxy) is 4. The van der Waals surface area contributed by atoms with Crippen molar-refractivity contribution in [2.75, 3.05) is 39.5 Å². The van der Waals surface area contributed by atoms with Gasteiger partial charge in [-0.15, -0.1) is 0 Å². The monoisotopic (exact) mass is 399 g/mol. The van der Waals surface area contributed by atoms with Crippen molar-refractivity contribution < 1.29 is 23.7 Å². The number of rotatable bonds is 10. The zero-order chi connectivity index (χ0) is 20.5. The molecule has 1 aliphatic rings. The van der Waals surface area contributed by atoms with E-state index in [0.717, 1.165) is 25.2 Å². The highest BCUT2D eigenvalue weighted by atomic mass is 16.6. The largest absolute Gasteiger partial charge is 0.477 e. The van der Waals surface area contributed by atoms with Crippen molar-refractivity contribution in [3.63, 3.8) is 0 Å². The van der Waals surface area contributed by atoms with E-state index in [1.165, 1.54) is 0 Å². The minimum Gasteiger partial charge on any atom is -0.477 e. The lowest BCUT2D eigenvalue weighted by Gasteiger charge is -2.32. The molecule has 0 radical (unpaired) electrons. The molecule has 0 N–H and O–H groups in total. The van der Waals surface area contributed by atoms with Crippen molar-refractivity contribution in [3.8, 4) is 11.5 Å². The van der Waals surface area contributed by atoms with Gasteiger partial charge in [0.1, 0.15) is 6.61 Å². The Kier molecular flexibility index (Phi) is 7.90. The predicted octanol–water partition coefficient (Wildman–Crippen LogP) is 3.47. The smallest absolute Gasteiger partial charge is 0.351 e. The fourth-order valence-electron chi connectivity index (χ4n) is 3.22. The van der Waals surface area contributed by atoms with E-state index in [-0.39, 0.29) is 6.61 Å². The Balaban J connectivity index is 1.56. The molecular weight excluding hydrogens is 370 g/mol. The maximum Gasteiger partial charge on any atom is 0.351 e. The number of likely N-dealkylation sites (N-methyl/N-ethyl adjacent to an activating group) is 1. The van der Waals surface area contributed by atoms with Crippen LogP contribution >= 0.6 is 0 Å². The third-order valence-corrected chi connectivity index (χ3v) is 4.91. The Morgan fingerprint density at radius 2 is 1.55 bits per heavy atom. The molecule has 6 nitrogen and oxygen atoms in total. The predicted molar refractivity (Wildman–Crippen MR) is 110 cm³/mol. The summed E-state index contributed by atoms with van der Waals surface area (Å²) in [7, 11) is 0. The zero-order valence-corrected chi connectivity index (χ0v) is 17.1. The average Bonchev–Trinajstić information content (AvgIpc) is 2.78. The van der Waals surface area contributed by atoms with Crippen LogP contribution in [0, 0.1) is 0 Å². The molecule has 0 amide bonds. The quantitative estimate of drug-likeness (QED) is 0.450. The van der Waals surface area contributed by atoms with Gasteiger partial charge in [-0.25, -0.2) is 4.79 Å². The van der Waals surface area contributed by atoms with E-state index in [0.29, 0.717) is 24.7 Å². The lowest BCUT2D eigenvalue weighted by molar-refractivity contribution is -0.160. The van der Waals surface area contributed by atoms with E-state index in [2.05, 4.69) is 18.7 Å². The first-order valence-corrected chi connectivity index (χ1v) is 10.2. The van der Waals surface area contributed by atoms with Gasteiger partial charge in [0.15, 0.2) is 17.6 Å². The van der Waals surface area contributed by atoms with Crippen molar-refractivity contribution in [1.82, 2.24) is 4.90 Å². The van der Waals surface area contributed by atoms with Gasteiger partial charge in [-0.1, -0.05) is 56.3 Å². The van der Waals surface area contributed by atoms with Crippen molar-refractivity contribution in [2.24, 2.45) is 0 Å². The summed E-state index contributed by atoms with van der Waals surface area (Å²) in [6.45, 7) is 8.26. The number of fused-ring (bicyclic) bond motifs is 1. The van der Waals surface area contributed by atoms with E-state index in [9.17, 15) is 4.79 Å². The van der Waals surface area contributed by atoms with Crippen LogP contribution in [-0.2, 0) is 14.3 Å². The van der Waals surface area contributed by atoms with Gasteiger partial charge in [-0.05, 0) is 30.8 Å². The van der Waals surface area contributed by atoms with Gasteiger partial charge < -0.3 is 23.8 Å². The van der Waals surface area contributed by atoms with Crippen LogP contribution in [0.5, 0.6) is 11.5 Å². The highest BCUT2D eigenvalue weighted by Crippen LogP contribution is 2.39. The third kappa shape index (κ3) is 5.71. The molecule has 0 saturated carbocycles. The topological polar surface area (TPSA) is 57.2 Å². The number of hydrogen-bond acceptors (Lipinski definition) is 6. The van der Waals surface area contributed by atoms with E-state index < -0.39 is 18.2 Å².